The minimum Gasteiger partial charge on any atom is -0.507 e. The third-order valence-electron chi connectivity index (χ3n) is 4.73. The Bertz CT molecular complexity index is 1030. The van der Waals surface area contributed by atoms with Gasteiger partial charge in [0.15, 0.2) is 5.69 Å². The van der Waals surface area contributed by atoms with E-state index in [2.05, 4.69) is 62.3 Å². The zero-order valence-corrected chi connectivity index (χ0v) is 19.0. The quantitative estimate of drug-likeness (QED) is 0.397. The third-order valence-corrected chi connectivity index (χ3v) is 5.63. The number of aromatic nitrogens is 2. The topological polar surface area (TPSA) is 90.4 Å². The normalized spacial score (nSPS) is 12.5. The Morgan fingerprint density at radius 3 is 2.30 bits per heavy atom. The molecule has 0 aliphatic rings. The van der Waals surface area contributed by atoms with E-state index in [1.807, 2.05) is 29.6 Å². The summed E-state index contributed by atoms with van der Waals surface area (Å²) in [7, 11) is 0. The lowest BCUT2D eigenvalue weighted by Gasteiger charge is -2.27. The van der Waals surface area contributed by atoms with E-state index in [-0.39, 0.29) is 16.5 Å². The van der Waals surface area contributed by atoms with E-state index in [9.17, 15) is 9.90 Å². The van der Waals surface area contributed by atoms with Gasteiger partial charge in [0.05, 0.1) is 16.8 Å². The van der Waals surface area contributed by atoms with Crippen molar-refractivity contribution in [2.75, 3.05) is 0 Å². The highest BCUT2D eigenvalue weighted by Crippen LogP contribution is 2.39. The maximum Gasteiger partial charge on any atom is 0.291 e. The molecule has 30 heavy (non-hydrogen) atoms. The van der Waals surface area contributed by atoms with Crippen LogP contribution in [0, 0.1) is 0 Å². The highest BCUT2D eigenvalue weighted by Gasteiger charge is 2.26. The van der Waals surface area contributed by atoms with Gasteiger partial charge in [0.25, 0.3) is 5.91 Å². The number of hydrogen-bond donors (Lipinski definition) is 3. The van der Waals surface area contributed by atoms with Crippen molar-refractivity contribution >= 4 is 23.5 Å². The number of thiophene rings is 1. The number of nitrogens with zero attached hydrogens (tertiary/aromatic N) is 2. The number of phenolic OH excluding ortho intramolecular Hbond substituents is 1. The summed E-state index contributed by atoms with van der Waals surface area (Å²) in [6.45, 7) is 12.3. The van der Waals surface area contributed by atoms with E-state index < -0.39 is 5.91 Å². The summed E-state index contributed by atoms with van der Waals surface area (Å²) in [6, 6.07) is 9.42. The van der Waals surface area contributed by atoms with Crippen LogP contribution in [-0.2, 0) is 10.8 Å². The van der Waals surface area contributed by atoms with Crippen molar-refractivity contribution in [3.63, 3.8) is 0 Å². The van der Waals surface area contributed by atoms with Gasteiger partial charge in [-0.1, -0.05) is 47.6 Å². The average molecular weight is 425 g/mol. The molecule has 0 fully saturated rings. The first-order chi connectivity index (χ1) is 14.0. The van der Waals surface area contributed by atoms with Gasteiger partial charge in [0.2, 0.25) is 0 Å². The molecule has 0 unspecified atom stereocenters. The van der Waals surface area contributed by atoms with Gasteiger partial charge in [-0.3, -0.25) is 9.89 Å². The fourth-order valence-corrected chi connectivity index (χ4v) is 3.79. The number of hydrazone groups is 1. The van der Waals surface area contributed by atoms with Crippen molar-refractivity contribution < 1.29 is 9.90 Å². The molecule has 0 saturated carbocycles. The Kier molecular flexibility index (Phi) is 5.85. The van der Waals surface area contributed by atoms with Gasteiger partial charge >= 0.3 is 0 Å². The lowest BCUT2D eigenvalue weighted by atomic mass is 9.78. The molecule has 3 aromatic rings. The molecule has 0 radical (unpaired) electrons. The minimum atomic E-state index is -0.392. The van der Waals surface area contributed by atoms with Crippen LogP contribution in [0.5, 0.6) is 5.75 Å². The highest BCUT2D eigenvalue weighted by molar-refractivity contribution is 7.13. The number of benzene rings is 1. The second-order valence-corrected chi connectivity index (χ2v) is 10.3. The molecule has 1 amide bonds. The molecule has 158 valence electrons. The van der Waals surface area contributed by atoms with Crippen LogP contribution in [0.4, 0.5) is 0 Å². The largest absolute Gasteiger partial charge is 0.507 e. The van der Waals surface area contributed by atoms with Crippen LogP contribution in [0.25, 0.3) is 10.6 Å². The number of H-pyrrole nitrogens is 1. The zero-order valence-electron chi connectivity index (χ0n) is 18.2. The molecule has 0 aliphatic carbocycles. The molecule has 0 atom stereocenters. The van der Waals surface area contributed by atoms with Crippen molar-refractivity contribution in [1.29, 1.82) is 0 Å². The maximum absolute atomic E-state index is 12.4. The molecule has 0 spiro atoms. The summed E-state index contributed by atoms with van der Waals surface area (Å²) in [5.41, 5.74) is 5.62. The summed E-state index contributed by atoms with van der Waals surface area (Å²) < 4.78 is 0. The molecule has 3 rings (SSSR count). The van der Waals surface area contributed by atoms with Crippen LogP contribution < -0.4 is 5.43 Å². The molecule has 2 heterocycles. The number of aromatic hydroxyl groups is 1. The Hall–Kier alpha value is -2.93. The molecular formula is C23H28N4O2S. The van der Waals surface area contributed by atoms with E-state index >= 15 is 0 Å². The fraction of sp³-hybridized carbons (Fsp3) is 0.348. The highest BCUT2D eigenvalue weighted by atomic mass is 32.1. The van der Waals surface area contributed by atoms with Crippen LogP contribution in [0.3, 0.4) is 0 Å². The van der Waals surface area contributed by atoms with Gasteiger partial charge in [-0.2, -0.15) is 10.2 Å². The number of hydrogen-bond acceptors (Lipinski definition) is 5. The van der Waals surface area contributed by atoms with Gasteiger partial charge in [-0.05, 0) is 46.0 Å². The lowest BCUT2D eigenvalue weighted by Crippen LogP contribution is -2.19. The number of phenols is 1. The fourth-order valence-electron chi connectivity index (χ4n) is 3.09. The van der Waals surface area contributed by atoms with Crippen LogP contribution >= 0.6 is 11.3 Å². The Labute approximate surface area is 181 Å². The Balaban J connectivity index is 1.81. The van der Waals surface area contributed by atoms with Gasteiger partial charge in [-0.25, -0.2) is 5.43 Å². The second-order valence-electron chi connectivity index (χ2n) is 9.31. The van der Waals surface area contributed by atoms with E-state index in [0.717, 1.165) is 27.3 Å². The first kappa shape index (κ1) is 21.8. The van der Waals surface area contributed by atoms with Crippen LogP contribution in [0.1, 0.15) is 68.7 Å². The average Bonchev–Trinajstić information content (AvgIpc) is 3.32. The summed E-state index contributed by atoms with van der Waals surface area (Å²) in [4.78, 5) is 13.4. The Morgan fingerprint density at radius 2 is 1.77 bits per heavy atom. The van der Waals surface area contributed by atoms with Gasteiger partial charge in [0, 0.05) is 11.1 Å². The first-order valence-corrected chi connectivity index (χ1v) is 10.7. The first-order valence-electron chi connectivity index (χ1n) is 9.77. The zero-order chi connectivity index (χ0) is 22.1. The standard InChI is InChI=1S/C23H28N4O2S/c1-22(2,3)15-10-14(11-16(20(15)28)23(4,5)6)13-24-27-21(29)18-12-17(25-26-18)19-8-7-9-30-19/h7-13,28H,1-6H3,(H,25,26)(H,27,29). The van der Waals surface area contributed by atoms with Crippen molar-refractivity contribution in [3.8, 4) is 16.3 Å². The summed E-state index contributed by atoms with van der Waals surface area (Å²) >= 11 is 1.57. The van der Waals surface area contributed by atoms with Crippen LogP contribution in [0.2, 0.25) is 0 Å². The van der Waals surface area contributed by atoms with Crippen LogP contribution in [0.15, 0.2) is 40.8 Å². The monoisotopic (exact) mass is 424 g/mol. The SMILES string of the molecule is CC(C)(C)c1cc(C=NNC(=O)c2cc(-c3cccs3)[nH]n2)cc(C(C)(C)C)c1O. The van der Waals surface area contributed by atoms with Gasteiger partial charge < -0.3 is 5.11 Å². The molecule has 0 bridgehead atoms. The van der Waals surface area contributed by atoms with Crippen molar-refractivity contribution in [2.45, 2.75) is 52.4 Å². The molecule has 3 N–H and O–H groups in total. The summed E-state index contributed by atoms with van der Waals surface area (Å²) in [6.07, 6.45) is 1.59. The second kappa shape index (κ2) is 8.07. The van der Waals surface area contributed by atoms with Crippen molar-refractivity contribution in [2.24, 2.45) is 5.10 Å². The molecule has 6 nitrogen and oxygen atoms in total. The lowest BCUT2D eigenvalue weighted by molar-refractivity contribution is 0.0950. The predicted octanol–water partition coefficient (Wildman–Crippen LogP) is 5.20. The van der Waals surface area contributed by atoms with E-state index in [1.54, 1.807) is 23.6 Å². The minimum absolute atomic E-state index is 0.232. The van der Waals surface area contributed by atoms with Crippen molar-refractivity contribution in [3.05, 3.63) is 58.1 Å². The number of aromatic amines is 1. The number of rotatable bonds is 4. The predicted molar refractivity (Wildman–Crippen MR) is 122 cm³/mol. The smallest absolute Gasteiger partial charge is 0.291 e. The summed E-state index contributed by atoms with van der Waals surface area (Å²) in [5.74, 6) is -0.0787. The van der Waals surface area contributed by atoms with Gasteiger partial charge in [0.1, 0.15) is 5.75 Å². The van der Waals surface area contributed by atoms with E-state index in [1.165, 1.54) is 0 Å². The van der Waals surface area contributed by atoms with Crippen molar-refractivity contribution in [1.82, 2.24) is 15.6 Å². The number of carbonyl (C=O) groups excluding carboxylic acids is 1. The number of amides is 1. The Morgan fingerprint density at radius 1 is 1.13 bits per heavy atom. The third kappa shape index (κ3) is 4.79. The maximum atomic E-state index is 12.4. The molecular weight excluding hydrogens is 396 g/mol. The summed E-state index contributed by atoms with van der Waals surface area (Å²) in [5, 5.41) is 23.8. The number of nitrogens with one attached hydrogen (secondary N) is 2. The molecule has 2 aromatic heterocycles. The van der Waals surface area contributed by atoms with E-state index in [0.29, 0.717) is 5.75 Å². The molecule has 7 heteroatoms. The van der Waals surface area contributed by atoms with Gasteiger partial charge in [-0.15, -0.1) is 11.3 Å². The molecule has 0 aliphatic heterocycles. The van der Waals surface area contributed by atoms with E-state index in [4.69, 9.17) is 0 Å². The molecule has 0 saturated heterocycles. The molecule has 1 aromatic carbocycles. The van der Waals surface area contributed by atoms with Crippen LogP contribution in [-0.4, -0.2) is 27.4 Å². The number of carbonyl (C=O) groups is 1.